The van der Waals surface area contributed by atoms with E-state index in [-0.39, 0.29) is 23.1 Å². The molecule has 1 heterocycles. The highest BCUT2D eigenvalue weighted by Crippen LogP contribution is 2.11. The van der Waals surface area contributed by atoms with Crippen LogP contribution >= 0.6 is 11.6 Å². The Morgan fingerprint density at radius 1 is 1.53 bits per heavy atom. The lowest BCUT2D eigenvalue weighted by Gasteiger charge is -2.06. The lowest BCUT2D eigenvalue weighted by molar-refractivity contribution is -0.140. The molecule has 0 radical (unpaired) electrons. The second-order valence-corrected chi connectivity index (χ2v) is 5.32. The van der Waals surface area contributed by atoms with Crippen molar-refractivity contribution in [2.45, 2.75) is 6.42 Å². The first kappa shape index (κ1) is 13.7. The highest BCUT2D eigenvalue weighted by molar-refractivity contribution is 7.92. The van der Waals surface area contributed by atoms with Crippen LogP contribution in [-0.2, 0) is 19.6 Å². The number of aromatic nitrogens is 1. The number of rotatable bonds is 5. The molecular weight excluding hydrogens is 268 g/mol. The van der Waals surface area contributed by atoms with Crippen LogP contribution in [0.4, 0.5) is 5.82 Å². The van der Waals surface area contributed by atoms with Crippen LogP contribution in [0.3, 0.4) is 0 Å². The third-order valence-corrected chi connectivity index (χ3v) is 3.25. The molecule has 0 bridgehead atoms. The summed E-state index contributed by atoms with van der Waals surface area (Å²) in [5.41, 5.74) is 0. The molecule has 0 unspecified atom stereocenters. The number of hydrogen-bond donors (Lipinski definition) is 1. The molecule has 0 atom stereocenters. The van der Waals surface area contributed by atoms with Gasteiger partial charge in [-0.05, 0) is 12.1 Å². The number of hydrogen-bond acceptors (Lipinski definition) is 5. The third-order valence-electron chi connectivity index (χ3n) is 1.78. The summed E-state index contributed by atoms with van der Waals surface area (Å²) in [5.74, 6) is -0.842. The summed E-state index contributed by atoms with van der Waals surface area (Å²) in [6.45, 7) is 0. The maximum absolute atomic E-state index is 11.5. The van der Waals surface area contributed by atoms with Crippen molar-refractivity contribution in [3.63, 3.8) is 0 Å². The number of carbonyl (C=O) groups excluding carboxylic acids is 1. The van der Waals surface area contributed by atoms with E-state index in [2.05, 4.69) is 14.4 Å². The van der Waals surface area contributed by atoms with E-state index in [1.54, 1.807) is 6.07 Å². The maximum atomic E-state index is 11.5. The van der Waals surface area contributed by atoms with Gasteiger partial charge in [-0.25, -0.2) is 13.4 Å². The van der Waals surface area contributed by atoms with Crippen LogP contribution in [0.25, 0.3) is 0 Å². The van der Waals surface area contributed by atoms with Crippen LogP contribution in [0.5, 0.6) is 0 Å². The van der Waals surface area contributed by atoms with Crippen LogP contribution in [0.15, 0.2) is 18.2 Å². The number of methoxy groups -OCH3 is 1. The van der Waals surface area contributed by atoms with E-state index in [1.807, 2.05) is 0 Å². The molecule has 0 saturated carbocycles. The van der Waals surface area contributed by atoms with Crippen molar-refractivity contribution in [1.29, 1.82) is 0 Å². The van der Waals surface area contributed by atoms with Crippen LogP contribution in [0.2, 0.25) is 5.15 Å². The topological polar surface area (TPSA) is 85.4 Å². The predicted octanol–water partition coefficient (Wildman–Crippen LogP) is 1.04. The van der Waals surface area contributed by atoms with E-state index in [0.29, 0.717) is 0 Å². The molecule has 8 heteroatoms. The van der Waals surface area contributed by atoms with Crippen molar-refractivity contribution in [2.24, 2.45) is 0 Å². The van der Waals surface area contributed by atoms with Crippen molar-refractivity contribution in [3.8, 4) is 0 Å². The number of sulfonamides is 1. The molecule has 0 aromatic carbocycles. The Morgan fingerprint density at radius 3 is 2.82 bits per heavy atom. The van der Waals surface area contributed by atoms with E-state index >= 15 is 0 Å². The average molecular weight is 279 g/mol. The van der Waals surface area contributed by atoms with Gasteiger partial charge in [0.1, 0.15) is 11.0 Å². The van der Waals surface area contributed by atoms with Gasteiger partial charge in [-0.1, -0.05) is 17.7 Å². The van der Waals surface area contributed by atoms with Gasteiger partial charge in [0.2, 0.25) is 10.0 Å². The molecule has 1 N–H and O–H groups in total. The van der Waals surface area contributed by atoms with Crippen LogP contribution in [0.1, 0.15) is 6.42 Å². The predicted molar refractivity (Wildman–Crippen MR) is 63.3 cm³/mol. The van der Waals surface area contributed by atoms with Gasteiger partial charge in [0.25, 0.3) is 0 Å². The molecule has 0 aliphatic heterocycles. The fraction of sp³-hybridized carbons (Fsp3) is 0.333. The average Bonchev–Trinajstić information content (AvgIpc) is 2.25. The van der Waals surface area contributed by atoms with Gasteiger partial charge < -0.3 is 4.74 Å². The zero-order chi connectivity index (χ0) is 12.9. The summed E-state index contributed by atoms with van der Waals surface area (Å²) < 4.78 is 29.6. The van der Waals surface area contributed by atoms with Gasteiger partial charge in [0.15, 0.2) is 0 Å². The Morgan fingerprint density at radius 2 is 2.24 bits per heavy atom. The van der Waals surface area contributed by atoms with E-state index in [0.717, 1.165) is 0 Å². The lowest BCUT2D eigenvalue weighted by atomic mass is 10.5. The number of pyridine rings is 1. The van der Waals surface area contributed by atoms with Gasteiger partial charge in [-0.2, -0.15) is 0 Å². The molecule has 0 aliphatic rings. The smallest absolute Gasteiger partial charge is 0.306 e. The fourth-order valence-corrected chi connectivity index (χ4v) is 2.13. The monoisotopic (exact) mass is 278 g/mol. The third kappa shape index (κ3) is 5.01. The van der Waals surface area contributed by atoms with Gasteiger partial charge in [0.05, 0.1) is 19.3 Å². The SMILES string of the molecule is COC(=O)CCS(=O)(=O)Nc1cccc(Cl)n1. The molecule has 1 aromatic heterocycles. The zero-order valence-electron chi connectivity index (χ0n) is 9.01. The van der Waals surface area contributed by atoms with Crippen molar-refractivity contribution < 1.29 is 17.9 Å². The second-order valence-electron chi connectivity index (χ2n) is 3.09. The largest absolute Gasteiger partial charge is 0.469 e. The number of nitrogens with zero attached hydrogens (tertiary/aromatic N) is 1. The van der Waals surface area contributed by atoms with E-state index in [1.165, 1.54) is 19.2 Å². The molecule has 1 rings (SSSR count). The Kier molecular flexibility index (Phi) is 4.71. The molecule has 94 valence electrons. The quantitative estimate of drug-likeness (QED) is 0.642. The highest BCUT2D eigenvalue weighted by Gasteiger charge is 2.14. The minimum absolute atomic E-state index is 0.113. The summed E-state index contributed by atoms with van der Waals surface area (Å²) in [4.78, 5) is 14.6. The number of nitrogens with one attached hydrogen (secondary N) is 1. The normalized spacial score (nSPS) is 10.9. The van der Waals surface area contributed by atoms with Gasteiger partial charge in [-0.3, -0.25) is 9.52 Å². The molecule has 0 spiro atoms. The Bertz CT molecular complexity index is 503. The number of esters is 1. The van der Waals surface area contributed by atoms with Crippen molar-refractivity contribution in [3.05, 3.63) is 23.4 Å². The summed E-state index contributed by atoms with van der Waals surface area (Å²) in [7, 11) is -2.43. The Balaban J connectivity index is 2.64. The van der Waals surface area contributed by atoms with Crippen LogP contribution < -0.4 is 4.72 Å². The Labute approximate surface area is 104 Å². The zero-order valence-corrected chi connectivity index (χ0v) is 10.6. The number of anilines is 1. The molecule has 6 nitrogen and oxygen atoms in total. The van der Waals surface area contributed by atoms with E-state index in [9.17, 15) is 13.2 Å². The minimum Gasteiger partial charge on any atom is -0.469 e. The second kappa shape index (κ2) is 5.83. The summed E-state index contributed by atoms with van der Waals surface area (Å²) in [5, 5.41) is 0.179. The first-order chi connectivity index (χ1) is 7.93. The highest BCUT2D eigenvalue weighted by atomic mass is 35.5. The number of ether oxygens (including phenoxy) is 1. The molecular formula is C9H11ClN2O4S. The Hall–Kier alpha value is -1.34. The van der Waals surface area contributed by atoms with Gasteiger partial charge >= 0.3 is 5.97 Å². The molecule has 0 fully saturated rings. The first-order valence-electron chi connectivity index (χ1n) is 4.63. The van der Waals surface area contributed by atoms with Crippen LogP contribution in [0, 0.1) is 0 Å². The summed E-state index contributed by atoms with van der Waals surface area (Å²) in [6, 6.07) is 4.54. The number of halogens is 1. The van der Waals surface area contributed by atoms with E-state index < -0.39 is 16.0 Å². The van der Waals surface area contributed by atoms with Crippen LogP contribution in [-0.4, -0.2) is 32.2 Å². The lowest BCUT2D eigenvalue weighted by Crippen LogP contribution is -2.20. The molecule has 0 aliphatic carbocycles. The molecule has 0 saturated heterocycles. The summed E-state index contributed by atoms with van der Waals surface area (Å²) in [6.07, 6.45) is -0.216. The number of carbonyl (C=O) groups is 1. The standard InChI is InChI=1S/C9H11ClN2O4S/c1-16-9(13)5-6-17(14,15)12-8-4-2-3-7(10)11-8/h2-4H,5-6H2,1H3,(H,11,12). The van der Waals surface area contributed by atoms with Crippen molar-refractivity contribution in [1.82, 2.24) is 4.98 Å². The minimum atomic E-state index is -3.63. The van der Waals surface area contributed by atoms with Crippen molar-refractivity contribution >= 4 is 33.4 Å². The first-order valence-corrected chi connectivity index (χ1v) is 6.66. The van der Waals surface area contributed by atoms with E-state index in [4.69, 9.17) is 11.6 Å². The molecule has 17 heavy (non-hydrogen) atoms. The summed E-state index contributed by atoms with van der Waals surface area (Å²) >= 11 is 5.60. The molecule has 1 aromatic rings. The maximum Gasteiger partial charge on any atom is 0.306 e. The van der Waals surface area contributed by atoms with Crippen molar-refractivity contribution in [2.75, 3.05) is 17.6 Å². The van der Waals surface area contributed by atoms with Gasteiger partial charge in [-0.15, -0.1) is 0 Å². The van der Waals surface area contributed by atoms with Gasteiger partial charge in [0, 0.05) is 0 Å². The molecule has 0 amide bonds. The fourth-order valence-electron chi connectivity index (χ4n) is 0.995.